The van der Waals surface area contributed by atoms with E-state index in [-0.39, 0.29) is 35.0 Å². The summed E-state index contributed by atoms with van der Waals surface area (Å²) in [6, 6.07) is 5.68. The van der Waals surface area contributed by atoms with Gasteiger partial charge < -0.3 is 19.4 Å². The summed E-state index contributed by atoms with van der Waals surface area (Å²) >= 11 is 0. The van der Waals surface area contributed by atoms with Crippen molar-refractivity contribution in [2.75, 3.05) is 37.7 Å². The Balaban J connectivity index is 1.58. The van der Waals surface area contributed by atoms with Crippen molar-refractivity contribution in [2.24, 2.45) is 0 Å². The fraction of sp³-hybridized carbons (Fsp3) is 0.375. The molecule has 1 unspecified atom stereocenters. The van der Waals surface area contributed by atoms with E-state index in [0.29, 0.717) is 50.5 Å². The number of carbonyl (C=O) groups is 2. The molecule has 0 aliphatic carbocycles. The molecule has 10 heteroatoms. The fourth-order valence-corrected chi connectivity index (χ4v) is 4.60. The quantitative estimate of drug-likeness (QED) is 0.638. The first kappa shape index (κ1) is 22.3. The number of rotatable bonds is 4. The zero-order valence-corrected chi connectivity index (χ0v) is 19.0. The maximum atomic E-state index is 15.4. The lowest BCUT2D eigenvalue weighted by Crippen LogP contribution is -2.45. The first-order chi connectivity index (χ1) is 16.3. The van der Waals surface area contributed by atoms with Crippen molar-refractivity contribution in [2.45, 2.75) is 26.4 Å². The normalized spacial score (nSPS) is 18.6. The molecule has 5 rings (SSSR count). The summed E-state index contributed by atoms with van der Waals surface area (Å²) in [5, 5.41) is 2.63. The van der Waals surface area contributed by atoms with Crippen LogP contribution < -0.4 is 10.2 Å². The third kappa shape index (κ3) is 3.98. The minimum absolute atomic E-state index is 0.0408. The van der Waals surface area contributed by atoms with Gasteiger partial charge >= 0.3 is 6.03 Å². The highest BCUT2D eigenvalue weighted by Gasteiger charge is 2.29. The number of aromatic nitrogens is 2. The number of amides is 3. The molecule has 2 fully saturated rings. The number of fused-ring (bicyclic) bond motifs is 1. The summed E-state index contributed by atoms with van der Waals surface area (Å²) in [6.45, 7) is 5.48. The SMILES string of the molecule is CC(=O)N1CCOC(Cc2c(-c3c(F)cc(N4CCNC4=O)cc3F)nc3cc(C)ccn23)C1. The minimum Gasteiger partial charge on any atom is -0.374 e. The van der Waals surface area contributed by atoms with Crippen LogP contribution in [0.3, 0.4) is 0 Å². The molecule has 0 bridgehead atoms. The van der Waals surface area contributed by atoms with Crippen molar-refractivity contribution in [3.63, 3.8) is 0 Å². The number of imidazole rings is 1. The van der Waals surface area contributed by atoms with Crippen LogP contribution in [0.25, 0.3) is 16.9 Å². The number of pyridine rings is 1. The predicted octanol–water partition coefficient (Wildman–Crippen LogP) is 2.91. The summed E-state index contributed by atoms with van der Waals surface area (Å²) in [5.41, 5.74) is 2.20. The topological polar surface area (TPSA) is 79.2 Å². The van der Waals surface area contributed by atoms with Gasteiger partial charge in [-0.1, -0.05) is 0 Å². The largest absolute Gasteiger partial charge is 0.374 e. The molecule has 2 aliphatic heterocycles. The third-order valence-electron chi connectivity index (χ3n) is 6.32. The highest BCUT2D eigenvalue weighted by atomic mass is 19.1. The molecular formula is C24H25F2N5O3. The van der Waals surface area contributed by atoms with Crippen molar-refractivity contribution in [3.05, 3.63) is 53.4 Å². The predicted molar refractivity (Wildman–Crippen MR) is 122 cm³/mol. The lowest BCUT2D eigenvalue weighted by molar-refractivity contribution is -0.136. The molecule has 3 amide bonds. The fourth-order valence-electron chi connectivity index (χ4n) is 4.60. The molecule has 2 aromatic heterocycles. The van der Waals surface area contributed by atoms with E-state index < -0.39 is 11.6 Å². The van der Waals surface area contributed by atoms with E-state index in [4.69, 9.17) is 4.74 Å². The van der Waals surface area contributed by atoms with Gasteiger partial charge in [-0.3, -0.25) is 9.69 Å². The number of hydrogen-bond donors (Lipinski definition) is 1. The van der Waals surface area contributed by atoms with Crippen molar-refractivity contribution < 1.29 is 23.1 Å². The molecule has 0 spiro atoms. The summed E-state index contributed by atoms with van der Waals surface area (Å²) < 4.78 is 38.4. The number of anilines is 1. The van der Waals surface area contributed by atoms with Crippen molar-refractivity contribution in [1.82, 2.24) is 19.6 Å². The number of hydrogen-bond acceptors (Lipinski definition) is 4. The van der Waals surface area contributed by atoms with E-state index in [1.165, 1.54) is 11.8 Å². The van der Waals surface area contributed by atoms with Gasteiger partial charge in [0.1, 0.15) is 17.3 Å². The first-order valence-corrected chi connectivity index (χ1v) is 11.2. The molecule has 1 N–H and O–H groups in total. The average Bonchev–Trinajstić information content (AvgIpc) is 3.37. The molecule has 178 valence electrons. The molecule has 4 heterocycles. The Kier molecular flexibility index (Phi) is 5.68. The lowest BCUT2D eigenvalue weighted by atomic mass is 10.0. The molecule has 1 atom stereocenters. The van der Waals surface area contributed by atoms with E-state index in [9.17, 15) is 9.59 Å². The zero-order chi connectivity index (χ0) is 24.0. The van der Waals surface area contributed by atoms with Gasteiger partial charge in [0.05, 0.1) is 35.3 Å². The Hall–Kier alpha value is -3.53. The number of aryl methyl sites for hydroxylation is 1. The van der Waals surface area contributed by atoms with E-state index in [1.807, 2.05) is 25.3 Å². The van der Waals surface area contributed by atoms with Crippen LogP contribution in [-0.2, 0) is 16.0 Å². The van der Waals surface area contributed by atoms with Gasteiger partial charge in [-0.25, -0.2) is 18.6 Å². The molecule has 1 aromatic carbocycles. The number of halogens is 2. The summed E-state index contributed by atoms with van der Waals surface area (Å²) in [4.78, 5) is 31.4. The number of nitrogens with one attached hydrogen (secondary N) is 1. The Bertz CT molecular complexity index is 1270. The van der Waals surface area contributed by atoms with Gasteiger partial charge in [0.2, 0.25) is 5.91 Å². The summed E-state index contributed by atoms with van der Waals surface area (Å²) in [5.74, 6) is -1.64. The second-order valence-corrected chi connectivity index (χ2v) is 8.67. The van der Waals surface area contributed by atoms with Gasteiger partial charge in [0, 0.05) is 45.7 Å². The minimum atomic E-state index is -0.800. The van der Waals surface area contributed by atoms with Gasteiger partial charge in [-0.2, -0.15) is 0 Å². The van der Waals surface area contributed by atoms with E-state index in [1.54, 1.807) is 9.30 Å². The number of morpholine rings is 1. The molecular weight excluding hydrogens is 444 g/mol. The molecule has 8 nitrogen and oxygen atoms in total. The monoisotopic (exact) mass is 469 g/mol. The highest BCUT2D eigenvalue weighted by molar-refractivity contribution is 5.94. The lowest BCUT2D eigenvalue weighted by Gasteiger charge is -2.32. The summed E-state index contributed by atoms with van der Waals surface area (Å²) in [7, 11) is 0. The molecule has 34 heavy (non-hydrogen) atoms. The van der Waals surface area contributed by atoms with Crippen LogP contribution >= 0.6 is 0 Å². The van der Waals surface area contributed by atoms with Crippen LogP contribution in [0.2, 0.25) is 0 Å². The van der Waals surface area contributed by atoms with Crippen molar-refractivity contribution in [1.29, 1.82) is 0 Å². The Morgan fingerprint density at radius 2 is 2.00 bits per heavy atom. The van der Waals surface area contributed by atoms with E-state index >= 15 is 8.78 Å². The van der Waals surface area contributed by atoms with E-state index in [2.05, 4.69) is 10.3 Å². The second-order valence-electron chi connectivity index (χ2n) is 8.67. The molecule has 2 saturated heterocycles. The van der Waals surface area contributed by atoms with Crippen LogP contribution in [0.1, 0.15) is 18.2 Å². The standard InChI is InChI=1S/C24H25F2N5O3/c1-14-3-5-31-20(12-17-13-29(15(2)32)7-8-34-17)23(28-21(31)9-14)22-18(25)10-16(11-19(22)26)30-6-4-27-24(30)33/h3,5,9-11,17H,4,6-8,12-13H2,1-2H3,(H,27,33). The maximum absolute atomic E-state index is 15.4. The third-order valence-corrected chi connectivity index (χ3v) is 6.32. The smallest absolute Gasteiger partial charge is 0.321 e. The number of nitrogens with zero attached hydrogens (tertiary/aromatic N) is 4. The Labute approximate surface area is 195 Å². The van der Waals surface area contributed by atoms with Crippen LogP contribution in [0.5, 0.6) is 0 Å². The van der Waals surface area contributed by atoms with Crippen LogP contribution in [0, 0.1) is 18.6 Å². The average molecular weight is 469 g/mol. The van der Waals surface area contributed by atoms with Gasteiger partial charge in [0.15, 0.2) is 0 Å². The van der Waals surface area contributed by atoms with Crippen LogP contribution in [-0.4, -0.2) is 65.1 Å². The molecule has 2 aliphatic rings. The zero-order valence-electron chi connectivity index (χ0n) is 19.0. The van der Waals surface area contributed by atoms with E-state index in [0.717, 1.165) is 17.7 Å². The number of urea groups is 1. The number of benzene rings is 1. The number of ether oxygens (including phenoxy) is 1. The first-order valence-electron chi connectivity index (χ1n) is 11.2. The van der Waals surface area contributed by atoms with Crippen LogP contribution in [0.15, 0.2) is 30.5 Å². The number of carbonyl (C=O) groups excluding carboxylic acids is 2. The molecule has 0 radical (unpaired) electrons. The summed E-state index contributed by atoms with van der Waals surface area (Å²) in [6.07, 6.45) is 1.80. The molecule has 3 aromatic rings. The highest BCUT2D eigenvalue weighted by Crippen LogP contribution is 2.34. The molecule has 0 saturated carbocycles. The second kappa shape index (κ2) is 8.68. The van der Waals surface area contributed by atoms with Gasteiger partial charge in [-0.05, 0) is 36.8 Å². The van der Waals surface area contributed by atoms with Crippen LogP contribution in [0.4, 0.5) is 19.3 Å². The Morgan fingerprint density at radius 3 is 2.68 bits per heavy atom. The Morgan fingerprint density at radius 1 is 1.24 bits per heavy atom. The van der Waals surface area contributed by atoms with Crippen molar-refractivity contribution >= 4 is 23.3 Å². The van der Waals surface area contributed by atoms with Gasteiger partial charge in [0.25, 0.3) is 0 Å². The maximum Gasteiger partial charge on any atom is 0.321 e. The van der Waals surface area contributed by atoms with Gasteiger partial charge in [-0.15, -0.1) is 0 Å². The van der Waals surface area contributed by atoms with Crippen molar-refractivity contribution in [3.8, 4) is 11.3 Å².